The second kappa shape index (κ2) is 5.44. The highest BCUT2D eigenvalue weighted by atomic mass is 16.2. The number of carbonyl (C=O) groups is 1. The van der Waals surface area contributed by atoms with Crippen molar-refractivity contribution in [3.8, 4) is 5.69 Å². The molecule has 0 spiro atoms. The Kier molecular flexibility index (Phi) is 3.29. The molecule has 4 rings (SSSR count). The molecule has 2 aromatic rings. The van der Waals surface area contributed by atoms with Crippen LogP contribution in [-0.4, -0.2) is 39.0 Å². The summed E-state index contributed by atoms with van der Waals surface area (Å²) in [6, 6.07) is 10.0. The molecule has 6 heteroatoms. The van der Waals surface area contributed by atoms with E-state index in [2.05, 4.69) is 15.6 Å². The molecular formula is C16H19N5O. The second-order valence-electron chi connectivity index (χ2n) is 6.03. The van der Waals surface area contributed by atoms with Gasteiger partial charge in [-0.3, -0.25) is 0 Å². The Morgan fingerprint density at radius 2 is 2.09 bits per heavy atom. The van der Waals surface area contributed by atoms with Crippen molar-refractivity contribution in [1.29, 1.82) is 0 Å². The lowest BCUT2D eigenvalue weighted by atomic mass is 10.1. The Bertz CT molecular complexity index is 677. The van der Waals surface area contributed by atoms with E-state index in [1.54, 1.807) is 0 Å². The van der Waals surface area contributed by atoms with Crippen LogP contribution in [0.1, 0.15) is 24.2 Å². The number of nitrogens with zero attached hydrogens (tertiary/aromatic N) is 4. The first-order valence-corrected chi connectivity index (χ1v) is 7.83. The molecule has 2 amide bonds. The molecule has 2 heterocycles. The van der Waals surface area contributed by atoms with Gasteiger partial charge in [0.2, 0.25) is 0 Å². The normalized spacial score (nSPS) is 17.2. The molecule has 1 N–H and O–H groups in total. The van der Waals surface area contributed by atoms with Crippen LogP contribution in [0.3, 0.4) is 0 Å². The maximum Gasteiger partial charge on any atom is 0.317 e. The van der Waals surface area contributed by atoms with Gasteiger partial charge in [0.1, 0.15) is 5.69 Å². The molecule has 1 saturated carbocycles. The molecule has 0 unspecified atom stereocenters. The number of para-hydroxylation sites is 1. The third-order valence-corrected chi connectivity index (χ3v) is 4.33. The van der Waals surface area contributed by atoms with Gasteiger partial charge in [0.25, 0.3) is 0 Å². The van der Waals surface area contributed by atoms with Crippen molar-refractivity contribution in [3.05, 3.63) is 41.7 Å². The third-order valence-electron chi connectivity index (χ3n) is 4.33. The van der Waals surface area contributed by atoms with Crippen molar-refractivity contribution in [2.24, 2.45) is 5.92 Å². The van der Waals surface area contributed by atoms with Crippen LogP contribution in [0.15, 0.2) is 30.3 Å². The number of rotatable bonds is 3. The number of hydrogen-bond acceptors (Lipinski definition) is 3. The van der Waals surface area contributed by atoms with Crippen molar-refractivity contribution in [2.45, 2.75) is 25.8 Å². The first kappa shape index (κ1) is 13.3. The van der Waals surface area contributed by atoms with Crippen LogP contribution in [0.5, 0.6) is 0 Å². The van der Waals surface area contributed by atoms with Gasteiger partial charge in [-0.05, 0) is 30.9 Å². The minimum atomic E-state index is 0.0202. The van der Waals surface area contributed by atoms with Crippen LogP contribution in [0.25, 0.3) is 5.69 Å². The van der Waals surface area contributed by atoms with E-state index in [-0.39, 0.29) is 6.03 Å². The highest BCUT2D eigenvalue weighted by molar-refractivity contribution is 5.74. The summed E-state index contributed by atoms with van der Waals surface area (Å²) in [5, 5.41) is 11.5. The van der Waals surface area contributed by atoms with E-state index in [1.807, 2.05) is 39.9 Å². The topological polar surface area (TPSA) is 63.1 Å². The summed E-state index contributed by atoms with van der Waals surface area (Å²) in [6.45, 7) is 2.06. The van der Waals surface area contributed by atoms with Crippen molar-refractivity contribution >= 4 is 6.03 Å². The predicted molar refractivity (Wildman–Crippen MR) is 81.6 cm³/mol. The number of aromatic nitrogens is 3. The van der Waals surface area contributed by atoms with Gasteiger partial charge in [-0.1, -0.05) is 23.4 Å². The quantitative estimate of drug-likeness (QED) is 0.938. The predicted octanol–water partition coefficient (Wildman–Crippen LogP) is 1.74. The molecule has 22 heavy (non-hydrogen) atoms. The zero-order chi connectivity index (χ0) is 14.9. The zero-order valence-electron chi connectivity index (χ0n) is 12.4. The Morgan fingerprint density at radius 3 is 2.86 bits per heavy atom. The lowest BCUT2D eigenvalue weighted by molar-refractivity contribution is 0.191. The lowest BCUT2D eigenvalue weighted by Gasteiger charge is -2.26. The fourth-order valence-electron chi connectivity index (χ4n) is 2.82. The Hall–Kier alpha value is -2.37. The SMILES string of the molecule is O=C(NCC1CC1)N1CCc2c(nnn2-c2ccccc2)C1. The monoisotopic (exact) mass is 297 g/mol. The summed E-state index contributed by atoms with van der Waals surface area (Å²) in [6.07, 6.45) is 3.28. The Labute approximate surface area is 129 Å². The molecule has 114 valence electrons. The molecule has 1 aromatic heterocycles. The van der Waals surface area contributed by atoms with Crippen molar-refractivity contribution in [2.75, 3.05) is 13.1 Å². The van der Waals surface area contributed by atoms with Crippen molar-refractivity contribution in [3.63, 3.8) is 0 Å². The molecule has 0 atom stereocenters. The van der Waals surface area contributed by atoms with E-state index >= 15 is 0 Å². The van der Waals surface area contributed by atoms with Crippen LogP contribution < -0.4 is 5.32 Å². The van der Waals surface area contributed by atoms with Gasteiger partial charge < -0.3 is 10.2 Å². The van der Waals surface area contributed by atoms with Crippen LogP contribution in [-0.2, 0) is 13.0 Å². The molecular weight excluding hydrogens is 278 g/mol. The number of carbonyl (C=O) groups excluding carboxylic acids is 1. The Balaban J connectivity index is 1.48. The van der Waals surface area contributed by atoms with Crippen LogP contribution in [0, 0.1) is 5.92 Å². The summed E-state index contributed by atoms with van der Waals surface area (Å²) in [4.78, 5) is 14.0. The standard InChI is InChI=1S/C16H19N5O/c22-16(17-10-12-6-7-12)20-9-8-15-14(11-20)18-19-21(15)13-4-2-1-3-5-13/h1-5,12H,6-11H2,(H,17,22). The molecule has 1 aromatic carbocycles. The highest BCUT2D eigenvalue weighted by Crippen LogP contribution is 2.27. The van der Waals surface area contributed by atoms with Crippen LogP contribution in [0.4, 0.5) is 4.79 Å². The van der Waals surface area contributed by atoms with E-state index in [1.165, 1.54) is 12.8 Å². The fraction of sp³-hybridized carbons (Fsp3) is 0.438. The van der Waals surface area contributed by atoms with Crippen LogP contribution >= 0.6 is 0 Å². The number of nitrogens with one attached hydrogen (secondary N) is 1. The molecule has 1 fully saturated rings. The largest absolute Gasteiger partial charge is 0.338 e. The Morgan fingerprint density at radius 1 is 1.27 bits per heavy atom. The smallest absolute Gasteiger partial charge is 0.317 e. The highest BCUT2D eigenvalue weighted by Gasteiger charge is 2.27. The number of urea groups is 1. The van der Waals surface area contributed by atoms with Gasteiger partial charge in [0.05, 0.1) is 17.9 Å². The minimum absolute atomic E-state index is 0.0202. The van der Waals surface area contributed by atoms with E-state index < -0.39 is 0 Å². The van der Waals surface area contributed by atoms with Gasteiger partial charge in [-0.25, -0.2) is 9.48 Å². The lowest BCUT2D eigenvalue weighted by Crippen LogP contribution is -2.43. The molecule has 0 radical (unpaired) electrons. The summed E-state index contributed by atoms with van der Waals surface area (Å²) >= 11 is 0. The zero-order valence-corrected chi connectivity index (χ0v) is 12.4. The van der Waals surface area contributed by atoms with Gasteiger partial charge >= 0.3 is 6.03 Å². The maximum absolute atomic E-state index is 12.2. The number of fused-ring (bicyclic) bond motifs is 1. The molecule has 0 bridgehead atoms. The fourth-order valence-corrected chi connectivity index (χ4v) is 2.82. The van der Waals surface area contributed by atoms with Gasteiger partial charge in [0, 0.05) is 19.5 Å². The first-order valence-electron chi connectivity index (χ1n) is 7.83. The average molecular weight is 297 g/mol. The van der Waals surface area contributed by atoms with Crippen molar-refractivity contribution < 1.29 is 4.79 Å². The molecule has 0 saturated heterocycles. The van der Waals surface area contributed by atoms with E-state index in [4.69, 9.17) is 0 Å². The summed E-state index contributed by atoms with van der Waals surface area (Å²) in [5.74, 6) is 0.697. The number of hydrogen-bond donors (Lipinski definition) is 1. The first-order chi connectivity index (χ1) is 10.8. The summed E-state index contributed by atoms with van der Waals surface area (Å²) in [7, 11) is 0. The van der Waals surface area contributed by atoms with Gasteiger partial charge in [-0.2, -0.15) is 0 Å². The van der Waals surface area contributed by atoms with E-state index in [0.29, 0.717) is 19.0 Å². The molecule has 2 aliphatic rings. The summed E-state index contributed by atoms with van der Waals surface area (Å²) < 4.78 is 1.88. The third kappa shape index (κ3) is 2.56. The average Bonchev–Trinajstić information content (AvgIpc) is 3.30. The molecule has 6 nitrogen and oxygen atoms in total. The van der Waals surface area contributed by atoms with E-state index in [0.717, 1.165) is 30.0 Å². The van der Waals surface area contributed by atoms with E-state index in [9.17, 15) is 4.79 Å². The number of benzene rings is 1. The number of amides is 2. The maximum atomic E-state index is 12.2. The minimum Gasteiger partial charge on any atom is -0.338 e. The van der Waals surface area contributed by atoms with Gasteiger partial charge in [-0.15, -0.1) is 5.10 Å². The van der Waals surface area contributed by atoms with Gasteiger partial charge in [0.15, 0.2) is 0 Å². The van der Waals surface area contributed by atoms with Crippen LogP contribution in [0.2, 0.25) is 0 Å². The summed E-state index contributed by atoms with van der Waals surface area (Å²) in [5.41, 5.74) is 3.03. The second-order valence-corrected chi connectivity index (χ2v) is 6.03. The van der Waals surface area contributed by atoms with Crippen molar-refractivity contribution in [1.82, 2.24) is 25.2 Å². The molecule has 1 aliphatic heterocycles. The molecule has 1 aliphatic carbocycles.